The molecule has 2 aliphatic rings. The van der Waals surface area contributed by atoms with E-state index < -0.39 is 0 Å². The van der Waals surface area contributed by atoms with Crippen molar-refractivity contribution < 1.29 is 4.79 Å². The minimum Gasteiger partial charge on any atom is -0.354 e. The minimum atomic E-state index is -0.0504. The van der Waals surface area contributed by atoms with E-state index in [1.807, 2.05) is 31.6 Å². The molecule has 2 aromatic rings. The number of amides is 1. The van der Waals surface area contributed by atoms with Gasteiger partial charge in [0.1, 0.15) is 0 Å². The van der Waals surface area contributed by atoms with Gasteiger partial charge >= 0.3 is 0 Å². The number of carbonyl (C=O) groups is 1. The average Bonchev–Trinajstić information content (AvgIpc) is 3.40. The van der Waals surface area contributed by atoms with Crippen molar-refractivity contribution in [3.8, 4) is 0 Å². The van der Waals surface area contributed by atoms with E-state index in [1.165, 1.54) is 0 Å². The topological polar surface area (TPSA) is 88.0 Å². The van der Waals surface area contributed by atoms with Crippen LogP contribution in [0.5, 0.6) is 0 Å². The third-order valence-corrected chi connectivity index (χ3v) is 5.45. The van der Waals surface area contributed by atoms with E-state index in [1.54, 1.807) is 10.9 Å². The minimum absolute atomic E-state index is 0.0504. The van der Waals surface area contributed by atoms with Crippen molar-refractivity contribution in [3.05, 3.63) is 36.3 Å². The fraction of sp³-hybridized carbons (Fsp3) is 0.556. The van der Waals surface area contributed by atoms with Gasteiger partial charge in [0.25, 0.3) is 0 Å². The highest BCUT2D eigenvalue weighted by molar-refractivity contribution is 5.80. The highest BCUT2D eigenvalue weighted by Crippen LogP contribution is 2.28. The Hall–Kier alpha value is -2.48. The number of aromatic nitrogens is 4. The Morgan fingerprint density at radius 2 is 2.35 bits per heavy atom. The van der Waals surface area contributed by atoms with Gasteiger partial charge < -0.3 is 15.5 Å². The molecular formula is C18H25N7O. The van der Waals surface area contributed by atoms with Gasteiger partial charge in [0.15, 0.2) is 5.82 Å². The smallest absolute Gasteiger partial charge is 0.225 e. The Kier molecular flexibility index (Phi) is 4.83. The number of hydrogen-bond donors (Lipinski definition) is 2. The number of aryl methyl sites for hydroxylation is 1. The van der Waals surface area contributed by atoms with Crippen molar-refractivity contribution in [3.63, 3.8) is 0 Å². The SMILES string of the molecule is Cn1cc([C@H]2CNC[C@@H]2C(=O)NCC2CCCN2c2cccnn2)cn1. The van der Waals surface area contributed by atoms with Crippen LogP contribution < -0.4 is 15.5 Å². The lowest BCUT2D eigenvalue weighted by Crippen LogP contribution is -2.43. The van der Waals surface area contributed by atoms with Crippen LogP contribution in [0, 0.1) is 5.92 Å². The zero-order valence-electron chi connectivity index (χ0n) is 15.0. The van der Waals surface area contributed by atoms with E-state index >= 15 is 0 Å². The van der Waals surface area contributed by atoms with Crippen molar-refractivity contribution in [1.29, 1.82) is 0 Å². The molecule has 26 heavy (non-hydrogen) atoms. The molecule has 0 spiro atoms. The predicted molar refractivity (Wildman–Crippen MR) is 97.7 cm³/mol. The number of carbonyl (C=O) groups excluding carboxylic acids is 1. The van der Waals surface area contributed by atoms with Gasteiger partial charge in [-0.3, -0.25) is 9.48 Å². The van der Waals surface area contributed by atoms with Crippen molar-refractivity contribution in [1.82, 2.24) is 30.6 Å². The molecule has 138 valence electrons. The van der Waals surface area contributed by atoms with Gasteiger partial charge in [0, 0.05) is 57.6 Å². The van der Waals surface area contributed by atoms with Gasteiger partial charge in [-0.05, 0) is 30.5 Å². The van der Waals surface area contributed by atoms with Gasteiger partial charge in [-0.15, -0.1) is 5.10 Å². The Bertz CT molecular complexity index is 747. The van der Waals surface area contributed by atoms with Crippen LogP contribution in [0.2, 0.25) is 0 Å². The molecule has 0 aromatic carbocycles. The summed E-state index contributed by atoms with van der Waals surface area (Å²) in [5, 5.41) is 19.0. The van der Waals surface area contributed by atoms with Crippen LogP contribution in [-0.2, 0) is 11.8 Å². The standard InChI is InChI=1S/C18H25N7O/c1-24-12-13(8-22-24)15-10-19-11-16(15)18(26)20-9-14-4-3-7-25(14)17-5-2-6-21-23-17/h2,5-6,8,12,14-16,19H,3-4,7,9-11H2,1H3,(H,20,26)/t14?,15-,16+/m1/s1. The van der Waals surface area contributed by atoms with E-state index in [2.05, 4.69) is 30.8 Å². The maximum absolute atomic E-state index is 12.8. The maximum Gasteiger partial charge on any atom is 0.225 e. The number of nitrogens with zero attached hydrogens (tertiary/aromatic N) is 5. The molecule has 2 aliphatic heterocycles. The van der Waals surface area contributed by atoms with Gasteiger partial charge in [-0.25, -0.2) is 0 Å². The molecular weight excluding hydrogens is 330 g/mol. The van der Waals surface area contributed by atoms with Crippen molar-refractivity contribution in [2.75, 3.05) is 31.1 Å². The largest absolute Gasteiger partial charge is 0.354 e. The van der Waals surface area contributed by atoms with E-state index in [0.29, 0.717) is 13.1 Å². The van der Waals surface area contributed by atoms with E-state index in [4.69, 9.17) is 0 Å². The normalized spacial score (nSPS) is 25.6. The first kappa shape index (κ1) is 17.0. The zero-order valence-corrected chi connectivity index (χ0v) is 15.0. The molecule has 0 bridgehead atoms. The second-order valence-corrected chi connectivity index (χ2v) is 7.14. The molecule has 0 radical (unpaired) electrons. The first-order valence-corrected chi connectivity index (χ1v) is 9.23. The summed E-state index contributed by atoms with van der Waals surface area (Å²) < 4.78 is 1.79. The molecule has 4 rings (SSSR count). The van der Waals surface area contributed by atoms with Crippen LogP contribution >= 0.6 is 0 Å². The Morgan fingerprint density at radius 3 is 3.12 bits per heavy atom. The first-order chi connectivity index (χ1) is 12.7. The lowest BCUT2D eigenvalue weighted by atomic mass is 9.90. The fourth-order valence-corrected chi connectivity index (χ4v) is 4.08. The highest BCUT2D eigenvalue weighted by atomic mass is 16.1. The summed E-state index contributed by atoms with van der Waals surface area (Å²) in [6, 6.07) is 4.16. The predicted octanol–water partition coefficient (Wildman–Crippen LogP) is 0.298. The molecule has 2 N–H and O–H groups in total. The molecule has 8 nitrogen and oxygen atoms in total. The monoisotopic (exact) mass is 355 g/mol. The molecule has 3 atom stereocenters. The zero-order chi connectivity index (χ0) is 17.9. The second kappa shape index (κ2) is 7.41. The first-order valence-electron chi connectivity index (χ1n) is 9.23. The Labute approximate surface area is 153 Å². The van der Waals surface area contributed by atoms with Crippen LogP contribution in [-0.4, -0.2) is 58.1 Å². The van der Waals surface area contributed by atoms with Crippen LogP contribution in [0.15, 0.2) is 30.7 Å². The molecule has 0 aliphatic carbocycles. The maximum atomic E-state index is 12.8. The summed E-state index contributed by atoms with van der Waals surface area (Å²) in [7, 11) is 1.90. The summed E-state index contributed by atoms with van der Waals surface area (Å²) in [6.07, 6.45) is 7.73. The molecule has 2 aromatic heterocycles. The number of nitrogens with one attached hydrogen (secondary N) is 2. The Balaban J connectivity index is 1.37. The molecule has 8 heteroatoms. The van der Waals surface area contributed by atoms with Crippen LogP contribution in [0.1, 0.15) is 24.3 Å². The molecule has 2 fully saturated rings. The summed E-state index contributed by atoms with van der Waals surface area (Å²) >= 11 is 0. The van der Waals surface area contributed by atoms with Crippen LogP contribution in [0.3, 0.4) is 0 Å². The van der Waals surface area contributed by atoms with Crippen LogP contribution in [0.4, 0.5) is 5.82 Å². The third-order valence-electron chi connectivity index (χ3n) is 5.45. The third kappa shape index (κ3) is 3.41. The number of anilines is 1. The van der Waals surface area contributed by atoms with Gasteiger partial charge in [-0.1, -0.05) is 0 Å². The van der Waals surface area contributed by atoms with Crippen molar-refractivity contribution >= 4 is 11.7 Å². The quantitative estimate of drug-likeness (QED) is 0.802. The molecule has 4 heterocycles. The van der Waals surface area contributed by atoms with Crippen molar-refractivity contribution in [2.24, 2.45) is 13.0 Å². The molecule has 2 saturated heterocycles. The lowest BCUT2D eigenvalue weighted by molar-refractivity contribution is -0.124. The van der Waals surface area contributed by atoms with E-state index in [0.717, 1.165) is 37.3 Å². The molecule has 1 amide bonds. The highest BCUT2D eigenvalue weighted by Gasteiger charge is 2.35. The van der Waals surface area contributed by atoms with Crippen molar-refractivity contribution in [2.45, 2.75) is 24.8 Å². The average molecular weight is 355 g/mol. The Morgan fingerprint density at radius 1 is 1.42 bits per heavy atom. The summed E-state index contributed by atoms with van der Waals surface area (Å²) in [5.74, 6) is 1.14. The van der Waals surface area contributed by atoms with Gasteiger partial charge in [0.05, 0.1) is 12.1 Å². The van der Waals surface area contributed by atoms with Gasteiger partial charge in [0.2, 0.25) is 5.91 Å². The molecule has 1 unspecified atom stereocenters. The summed E-state index contributed by atoms with van der Waals surface area (Å²) in [6.45, 7) is 3.14. The second-order valence-electron chi connectivity index (χ2n) is 7.14. The lowest BCUT2D eigenvalue weighted by Gasteiger charge is -2.26. The van der Waals surface area contributed by atoms with Gasteiger partial charge in [-0.2, -0.15) is 10.2 Å². The molecule has 0 saturated carbocycles. The summed E-state index contributed by atoms with van der Waals surface area (Å²) in [5.41, 5.74) is 1.12. The van der Waals surface area contributed by atoms with E-state index in [9.17, 15) is 4.79 Å². The number of hydrogen-bond acceptors (Lipinski definition) is 6. The van der Waals surface area contributed by atoms with E-state index in [-0.39, 0.29) is 23.8 Å². The fourth-order valence-electron chi connectivity index (χ4n) is 4.08. The number of rotatable bonds is 5. The van der Waals surface area contributed by atoms with Crippen LogP contribution in [0.25, 0.3) is 0 Å². The summed E-state index contributed by atoms with van der Waals surface area (Å²) in [4.78, 5) is 15.1.